The summed E-state index contributed by atoms with van der Waals surface area (Å²) in [5, 5.41) is 7.46. The van der Waals surface area contributed by atoms with Crippen molar-refractivity contribution in [1.29, 1.82) is 0 Å². The number of anilines is 1. The molecule has 1 aromatic carbocycles. The maximum Gasteiger partial charge on any atom is 0.413 e. The second-order valence-corrected chi connectivity index (χ2v) is 6.13. The number of ether oxygens (including phenoxy) is 1. The highest BCUT2D eigenvalue weighted by atomic mass is 32.2. The third-order valence-corrected chi connectivity index (χ3v) is 3.70. The van der Waals surface area contributed by atoms with Gasteiger partial charge in [0.2, 0.25) is 10.0 Å². The van der Waals surface area contributed by atoms with Gasteiger partial charge < -0.3 is 4.74 Å². The quantitative estimate of drug-likeness (QED) is 0.891. The summed E-state index contributed by atoms with van der Waals surface area (Å²) in [5.41, 5.74) is 1.31. The molecule has 0 spiro atoms. The highest BCUT2D eigenvalue weighted by molar-refractivity contribution is 7.89. The molecule has 0 aliphatic rings. The number of benzene rings is 1. The van der Waals surface area contributed by atoms with Crippen LogP contribution in [0.3, 0.4) is 0 Å². The lowest BCUT2D eigenvalue weighted by Gasteiger charge is -2.09. The molecule has 22 heavy (non-hydrogen) atoms. The van der Waals surface area contributed by atoms with Crippen molar-refractivity contribution in [3.63, 3.8) is 0 Å². The highest BCUT2D eigenvalue weighted by Gasteiger charge is 2.12. The molecule has 0 fully saturated rings. The SMILES string of the molecule is Cc1cc(S(N)(=O)=O)cnc1NC(=O)OCc1ccccc1. The molecule has 0 saturated heterocycles. The van der Waals surface area contributed by atoms with Crippen LogP contribution in [0.25, 0.3) is 0 Å². The summed E-state index contributed by atoms with van der Waals surface area (Å²) in [6.07, 6.45) is 0.401. The third-order valence-electron chi connectivity index (χ3n) is 2.81. The van der Waals surface area contributed by atoms with Crippen LogP contribution in [0.5, 0.6) is 0 Å². The number of rotatable bonds is 4. The standard InChI is InChI=1S/C14H15N3O4S/c1-10-7-12(22(15,19)20)8-16-13(10)17-14(18)21-9-11-5-3-2-4-6-11/h2-8H,9H2,1H3,(H2,15,19,20)(H,16,17,18). The lowest BCUT2D eigenvalue weighted by Crippen LogP contribution is -2.17. The Morgan fingerprint density at radius 3 is 2.59 bits per heavy atom. The zero-order chi connectivity index (χ0) is 16.2. The number of hydrogen-bond donors (Lipinski definition) is 2. The van der Waals surface area contributed by atoms with Crippen LogP contribution in [-0.4, -0.2) is 19.5 Å². The van der Waals surface area contributed by atoms with Crippen LogP contribution >= 0.6 is 0 Å². The van der Waals surface area contributed by atoms with Gasteiger partial charge in [0, 0.05) is 6.20 Å². The number of hydrogen-bond acceptors (Lipinski definition) is 5. The molecule has 1 aromatic heterocycles. The van der Waals surface area contributed by atoms with Crippen molar-refractivity contribution >= 4 is 21.9 Å². The van der Waals surface area contributed by atoms with Crippen molar-refractivity contribution in [3.8, 4) is 0 Å². The molecule has 1 heterocycles. The van der Waals surface area contributed by atoms with E-state index in [1.54, 1.807) is 6.92 Å². The number of sulfonamides is 1. The molecule has 2 aromatic rings. The predicted molar refractivity (Wildman–Crippen MR) is 80.6 cm³/mol. The Hall–Kier alpha value is -2.45. The molecule has 116 valence electrons. The number of carbonyl (C=O) groups excluding carboxylic acids is 1. The minimum absolute atomic E-state index is 0.117. The number of aryl methyl sites for hydroxylation is 1. The molecular formula is C14H15N3O4S. The number of nitrogens with one attached hydrogen (secondary N) is 1. The lowest BCUT2D eigenvalue weighted by molar-refractivity contribution is 0.155. The Morgan fingerprint density at radius 2 is 2.00 bits per heavy atom. The van der Waals surface area contributed by atoms with Crippen LogP contribution in [0.1, 0.15) is 11.1 Å². The van der Waals surface area contributed by atoms with Crippen LogP contribution < -0.4 is 10.5 Å². The van der Waals surface area contributed by atoms with E-state index in [0.29, 0.717) is 5.56 Å². The first-order chi connectivity index (χ1) is 10.4. The van der Waals surface area contributed by atoms with E-state index in [1.807, 2.05) is 30.3 Å². The van der Waals surface area contributed by atoms with Crippen molar-refractivity contribution in [2.45, 2.75) is 18.4 Å². The van der Waals surface area contributed by atoms with Gasteiger partial charge in [0.25, 0.3) is 0 Å². The Kier molecular flexibility index (Phi) is 4.74. The van der Waals surface area contributed by atoms with Crippen molar-refractivity contribution in [2.75, 3.05) is 5.32 Å². The Morgan fingerprint density at radius 1 is 1.32 bits per heavy atom. The molecule has 0 bridgehead atoms. The van der Waals surface area contributed by atoms with E-state index < -0.39 is 16.1 Å². The fraction of sp³-hybridized carbons (Fsp3) is 0.143. The van der Waals surface area contributed by atoms with Crippen molar-refractivity contribution < 1.29 is 17.9 Å². The predicted octanol–water partition coefficient (Wildman–Crippen LogP) is 1.79. The fourth-order valence-electron chi connectivity index (χ4n) is 1.69. The van der Waals surface area contributed by atoms with Crippen LogP contribution in [0, 0.1) is 6.92 Å². The van der Waals surface area contributed by atoms with E-state index >= 15 is 0 Å². The molecule has 0 atom stereocenters. The zero-order valence-electron chi connectivity index (χ0n) is 11.8. The number of carbonyl (C=O) groups is 1. The summed E-state index contributed by atoms with van der Waals surface area (Å²) < 4.78 is 27.5. The maximum atomic E-state index is 11.7. The Labute approximate surface area is 128 Å². The first-order valence-electron chi connectivity index (χ1n) is 6.33. The normalized spacial score (nSPS) is 11.0. The number of nitrogens with two attached hydrogens (primary N) is 1. The number of nitrogens with zero attached hydrogens (tertiary/aromatic N) is 1. The maximum absolute atomic E-state index is 11.7. The second-order valence-electron chi connectivity index (χ2n) is 4.57. The summed E-state index contributed by atoms with van der Waals surface area (Å²) in [6.45, 7) is 1.73. The summed E-state index contributed by atoms with van der Waals surface area (Å²) in [4.78, 5) is 15.5. The molecule has 0 radical (unpaired) electrons. The molecule has 0 unspecified atom stereocenters. The highest BCUT2D eigenvalue weighted by Crippen LogP contribution is 2.15. The van der Waals surface area contributed by atoms with Crippen molar-refractivity contribution in [1.82, 2.24) is 4.98 Å². The Bertz CT molecular complexity index is 776. The van der Waals surface area contributed by atoms with Gasteiger partial charge in [-0.25, -0.2) is 23.3 Å². The molecule has 8 heteroatoms. The zero-order valence-corrected chi connectivity index (χ0v) is 12.6. The topological polar surface area (TPSA) is 111 Å². The van der Waals surface area contributed by atoms with Gasteiger partial charge in [-0.3, -0.25) is 5.32 Å². The number of aromatic nitrogens is 1. The van der Waals surface area contributed by atoms with E-state index in [0.717, 1.165) is 11.8 Å². The fourth-order valence-corrected chi connectivity index (χ4v) is 2.23. The molecule has 0 aliphatic carbocycles. The molecule has 1 amide bonds. The monoisotopic (exact) mass is 321 g/mol. The minimum atomic E-state index is -3.82. The van der Waals surface area contributed by atoms with Gasteiger partial charge in [-0.15, -0.1) is 0 Å². The largest absolute Gasteiger partial charge is 0.444 e. The number of primary sulfonamides is 1. The van der Waals surface area contributed by atoms with Crippen LogP contribution in [0.15, 0.2) is 47.5 Å². The number of pyridine rings is 1. The van der Waals surface area contributed by atoms with Crippen LogP contribution in [0.2, 0.25) is 0 Å². The van der Waals surface area contributed by atoms with Gasteiger partial charge in [0.1, 0.15) is 17.3 Å². The van der Waals surface area contributed by atoms with Gasteiger partial charge >= 0.3 is 6.09 Å². The minimum Gasteiger partial charge on any atom is -0.444 e. The Balaban J connectivity index is 2.00. The van der Waals surface area contributed by atoms with E-state index in [4.69, 9.17) is 9.88 Å². The van der Waals surface area contributed by atoms with Gasteiger partial charge in [-0.05, 0) is 24.1 Å². The smallest absolute Gasteiger partial charge is 0.413 e. The first kappa shape index (κ1) is 15.9. The summed E-state index contributed by atoms with van der Waals surface area (Å²) in [5.74, 6) is 0.213. The summed E-state index contributed by atoms with van der Waals surface area (Å²) in [6, 6.07) is 10.5. The molecule has 2 rings (SSSR count). The molecule has 3 N–H and O–H groups in total. The van der Waals surface area contributed by atoms with Crippen molar-refractivity contribution in [3.05, 3.63) is 53.7 Å². The molecule has 0 saturated carbocycles. The summed E-state index contributed by atoms with van der Waals surface area (Å²) in [7, 11) is -3.82. The van der Waals surface area contributed by atoms with E-state index in [9.17, 15) is 13.2 Å². The first-order valence-corrected chi connectivity index (χ1v) is 7.88. The van der Waals surface area contributed by atoms with E-state index in [1.165, 1.54) is 6.07 Å². The van der Waals surface area contributed by atoms with Gasteiger partial charge in [-0.2, -0.15) is 0 Å². The lowest BCUT2D eigenvalue weighted by atomic mass is 10.2. The van der Waals surface area contributed by atoms with E-state index in [2.05, 4.69) is 10.3 Å². The van der Waals surface area contributed by atoms with Gasteiger partial charge in [0.15, 0.2) is 0 Å². The van der Waals surface area contributed by atoms with E-state index in [-0.39, 0.29) is 17.3 Å². The third kappa shape index (κ3) is 4.27. The van der Waals surface area contributed by atoms with Gasteiger partial charge in [-0.1, -0.05) is 30.3 Å². The molecular weight excluding hydrogens is 306 g/mol. The van der Waals surface area contributed by atoms with Crippen molar-refractivity contribution in [2.24, 2.45) is 5.14 Å². The van der Waals surface area contributed by atoms with Gasteiger partial charge in [0.05, 0.1) is 0 Å². The summed E-state index contributed by atoms with van der Waals surface area (Å²) >= 11 is 0. The average Bonchev–Trinajstić information content (AvgIpc) is 2.47. The van der Waals surface area contributed by atoms with Crippen LogP contribution in [-0.2, 0) is 21.4 Å². The average molecular weight is 321 g/mol. The van der Waals surface area contributed by atoms with Crippen LogP contribution in [0.4, 0.5) is 10.6 Å². The molecule has 0 aliphatic heterocycles. The molecule has 7 nitrogen and oxygen atoms in total. The number of amides is 1. The second kappa shape index (κ2) is 6.54.